The Kier molecular flexibility index (Phi) is 35.9. The number of rotatable bonds is 0. The lowest BCUT2D eigenvalue weighted by atomic mass is 10.2. The van der Waals surface area contributed by atoms with Crippen molar-refractivity contribution in [2.24, 2.45) is 0 Å². The zero-order chi connectivity index (χ0) is 13.1. The van der Waals surface area contributed by atoms with Crippen LogP contribution >= 0.6 is 0 Å². The molecule has 90 valence electrons. The third-order valence-electron chi connectivity index (χ3n) is 1.75. The smallest absolute Gasteiger partial charge is 0.222 e. The van der Waals surface area contributed by atoms with Gasteiger partial charge in [0.25, 0.3) is 0 Å². The van der Waals surface area contributed by atoms with Gasteiger partial charge in [0.05, 0.1) is 0 Å². The summed E-state index contributed by atoms with van der Waals surface area (Å²) in [5, 5.41) is 16.2. The van der Waals surface area contributed by atoms with Crippen LogP contribution in [0.1, 0.15) is 44.9 Å². The summed E-state index contributed by atoms with van der Waals surface area (Å²) in [6.45, 7) is 0. The molecule has 0 aromatic heterocycles. The van der Waals surface area contributed by atoms with Gasteiger partial charge in [0.15, 0.2) is 0 Å². The molecule has 0 unspecified atom stereocenters. The van der Waals surface area contributed by atoms with Crippen molar-refractivity contribution in [1.82, 2.24) is 0 Å². The average Bonchev–Trinajstić information content (AvgIpc) is 2.52. The van der Waals surface area contributed by atoms with E-state index in [0.717, 1.165) is 18.2 Å². The normalized spacial score (nSPS) is 12.0. The topological polar surface area (TPSA) is 123 Å². The molecular weight excluding hydrogens is 210 g/mol. The molecule has 0 bridgehead atoms. The van der Waals surface area contributed by atoms with Gasteiger partial charge in [0.1, 0.15) is 0 Å². The predicted octanol–water partition coefficient (Wildman–Crippen LogP) is 2.43. The molecule has 0 aromatic rings. The molecule has 0 spiro atoms. The number of nitrogens with one attached hydrogen (secondary N) is 3. The van der Waals surface area contributed by atoms with Gasteiger partial charge in [0.2, 0.25) is 18.2 Å². The number of isocyanates is 3. The SMILES string of the molecule is C1CCCCCC1.N=C=O.N=C=O.N=C=O. The van der Waals surface area contributed by atoms with Gasteiger partial charge in [-0.25, -0.2) is 30.6 Å². The van der Waals surface area contributed by atoms with Crippen molar-refractivity contribution >= 4 is 18.2 Å². The van der Waals surface area contributed by atoms with E-state index < -0.39 is 0 Å². The first kappa shape index (κ1) is 19.7. The zero-order valence-corrected chi connectivity index (χ0v) is 9.17. The third-order valence-corrected chi connectivity index (χ3v) is 1.75. The van der Waals surface area contributed by atoms with Gasteiger partial charge < -0.3 is 0 Å². The maximum atomic E-state index is 8.35. The largest absolute Gasteiger partial charge is 0.231 e. The fraction of sp³-hybridized carbons (Fsp3) is 0.700. The van der Waals surface area contributed by atoms with E-state index in [1.54, 1.807) is 0 Å². The Balaban J connectivity index is -0.000000161. The second-order valence-electron chi connectivity index (χ2n) is 2.78. The molecular formula is C10H17N3O3. The molecule has 6 nitrogen and oxygen atoms in total. The summed E-state index contributed by atoms with van der Waals surface area (Å²) in [7, 11) is 0. The highest BCUT2D eigenvalue weighted by atomic mass is 16.1. The second kappa shape index (κ2) is 29.2. The molecule has 0 aliphatic heterocycles. The summed E-state index contributed by atoms with van der Waals surface area (Å²) in [4.78, 5) is 25.0. The number of carbonyl (C=O) groups excluding carboxylic acids is 3. The van der Waals surface area contributed by atoms with Crippen LogP contribution in [0.15, 0.2) is 0 Å². The van der Waals surface area contributed by atoms with Crippen LogP contribution in [0.5, 0.6) is 0 Å². The van der Waals surface area contributed by atoms with E-state index in [1.165, 1.54) is 44.9 Å². The van der Waals surface area contributed by atoms with Crippen LogP contribution in [0, 0.1) is 16.2 Å². The molecule has 1 aliphatic rings. The molecule has 16 heavy (non-hydrogen) atoms. The summed E-state index contributed by atoms with van der Waals surface area (Å²) in [5.41, 5.74) is 0. The molecule has 6 heteroatoms. The molecule has 1 fully saturated rings. The maximum Gasteiger partial charge on any atom is 0.231 e. The van der Waals surface area contributed by atoms with Crippen molar-refractivity contribution in [2.75, 3.05) is 0 Å². The van der Waals surface area contributed by atoms with E-state index in [9.17, 15) is 0 Å². The van der Waals surface area contributed by atoms with Crippen molar-refractivity contribution in [3.63, 3.8) is 0 Å². The molecule has 0 saturated heterocycles. The van der Waals surface area contributed by atoms with Crippen molar-refractivity contribution in [1.29, 1.82) is 16.2 Å². The third kappa shape index (κ3) is 57.0. The van der Waals surface area contributed by atoms with Crippen molar-refractivity contribution < 1.29 is 14.4 Å². The fourth-order valence-corrected chi connectivity index (χ4v) is 1.24. The molecule has 3 N–H and O–H groups in total. The van der Waals surface area contributed by atoms with Gasteiger partial charge in [-0.1, -0.05) is 44.9 Å². The minimum absolute atomic E-state index is 0.750. The molecule has 1 saturated carbocycles. The maximum absolute atomic E-state index is 8.35. The summed E-state index contributed by atoms with van der Waals surface area (Å²) in [6.07, 6.45) is 12.8. The summed E-state index contributed by atoms with van der Waals surface area (Å²) < 4.78 is 0. The van der Waals surface area contributed by atoms with Crippen LogP contribution in [0.2, 0.25) is 0 Å². The van der Waals surface area contributed by atoms with Gasteiger partial charge >= 0.3 is 0 Å². The van der Waals surface area contributed by atoms with Crippen LogP contribution in [0.3, 0.4) is 0 Å². The van der Waals surface area contributed by atoms with Gasteiger partial charge in [0, 0.05) is 0 Å². The Morgan fingerprint density at radius 1 is 0.500 bits per heavy atom. The lowest BCUT2D eigenvalue weighted by Gasteiger charge is -1.85. The lowest BCUT2D eigenvalue weighted by Crippen LogP contribution is -1.66. The van der Waals surface area contributed by atoms with Crippen LogP contribution in [-0.4, -0.2) is 18.2 Å². The van der Waals surface area contributed by atoms with E-state index in [0.29, 0.717) is 0 Å². The Bertz CT molecular complexity index is 175. The Morgan fingerprint density at radius 2 is 0.562 bits per heavy atom. The molecule has 0 radical (unpaired) electrons. The fourth-order valence-electron chi connectivity index (χ4n) is 1.24. The first-order chi connectivity index (χ1) is 7.74. The van der Waals surface area contributed by atoms with E-state index in [2.05, 4.69) is 0 Å². The zero-order valence-electron chi connectivity index (χ0n) is 9.17. The van der Waals surface area contributed by atoms with Gasteiger partial charge in [-0.3, -0.25) is 0 Å². The van der Waals surface area contributed by atoms with E-state index in [1.807, 2.05) is 0 Å². The Morgan fingerprint density at radius 3 is 0.625 bits per heavy atom. The first-order valence-corrected chi connectivity index (χ1v) is 4.86. The first-order valence-electron chi connectivity index (χ1n) is 4.86. The lowest BCUT2D eigenvalue weighted by molar-refractivity contribution is 0.562. The second-order valence-corrected chi connectivity index (χ2v) is 2.78. The van der Waals surface area contributed by atoms with Crippen molar-refractivity contribution in [3.05, 3.63) is 0 Å². The van der Waals surface area contributed by atoms with Gasteiger partial charge in [-0.05, 0) is 0 Å². The highest BCUT2D eigenvalue weighted by Crippen LogP contribution is 2.15. The van der Waals surface area contributed by atoms with E-state index in [4.69, 9.17) is 30.6 Å². The quantitative estimate of drug-likeness (QED) is 0.334. The van der Waals surface area contributed by atoms with Crippen LogP contribution < -0.4 is 0 Å². The van der Waals surface area contributed by atoms with E-state index >= 15 is 0 Å². The van der Waals surface area contributed by atoms with Crippen LogP contribution in [0.25, 0.3) is 0 Å². The summed E-state index contributed by atoms with van der Waals surface area (Å²) >= 11 is 0. The highest BCUT2D eigenvalue weighted by Gasteiger charge is 1.95. The highest BCUT2D eigenvalue weighted by molar-refractivity contribution is 5.26. The van der Waals surface area contributed by atoms with Crippen LogP contribution in [-0.2, 0) is 14.4 Å². The minimum Gasteiger partial charge on any atom is -0.222 e. The number of hydrogen-bond acceptors (Lipinski definition) is 6. The molecule has 0 heterocycles. The van der Waals surface area contributed by atoms with Crippen molar-refractivity contribution in [3.8, 4) is 0 Å². The summed E-state index contributed by atoms with van der Waals surface area (Å²) in [6, 6.07) is 0. The minimum atomic E-state index is 0.750. The van der Waals surface area contributed by atoms with E-state index in [-0.39, 0.29) is 0 Å². The summed E-state index contributed by atoms with van der Waals surface area (Å²) in [5.74, 6) is 0. The molecule has 1 rings (SSSR count). The average molecular weight is 227 g/mol. The monoisotopic (exact) mass is 227 g/mol. The Hall–Kier alpha value is -1.86. The number of hydrogen-bond donors (Lipinski definition) is 3. The van der Waals surface area contributed by atoms with Crippen molar-refractivity contribution in [2.45, 2.75) is 44.9 Å². The Labute approximate surface area is 94.6 Å². The van der Waals surface area contributed by atoms with Crippen LogP contribution in [0.4, 0.5) is 0 Å². The molecule has 0 atom stereocenters. The van der Waals surface area contributed by atoms with Gasteiger partial charge in [-0.2, -0.15) is 0 Å². The van der Waals surface area contributed by atoms with Gasteiger partial charge in [-0.15, -0.1) is 0 Å². The standard InChI is InChI=1S/C7H14.3CHNO/c1-2-4-6-7-5-3-1;3*2-1-3/h1-7H2;3*2H. The molecule has 0 amide bonds. The predicted molar refractivity (Wildman–Crippen MR) is 57.6 cm³/mol. The molecule has 0 aromatic carbocycles. The molecule has 1 aliphatic carbocycles.